The van der Waals surface area contributed by atoms with Gasteiger partial charge in [-0.2, -0.15) is 0 Å². The monoisotopic (exact) mass is 243 g/mol. The van der Waals surface area contributed by atoms with Gasteiger partial charge in [0.2, 0.25) is 0 Å². The second-order valence-corrected chi connectivity index (χ2v) is 5.07. The molecule has 0 aromatic heterocycles. The third kappa shape index (κ3) is 1.96. The highest BCUT2D eigenvalue weighted by molar-refractivity contribution is 5.92. The van der Waals surface area contributed by atoms with Crippen LogP contribution in [0.5, 0.6) is 0 Å². The van der Waals surface area contributed by atoms with E-state index in [2.05, 4.69) is 19.9 Å². The lowest BCUT2D eigenvalue weighted by atomic mass is 9.91. The zero-order valence-corrected chi connectivity index (χ0v) is 11.2. The normalized spacial score (nSPS) is 11.2. The molecule has 2 rings (SSSR count). The van der Waals surface area contributed by atoms with E-state index in [1.54, 1.807) is 6.07 Å². The quantitative estimate of drug-likeness (QED) is 0.576. The highest BCUT2D eigenvalue weighted by atomic mass is 16.6. The molecule has 0 heterocycles. The lowest BCUT2D eigenvalue weighted by Crippen LogP contribution is -1.98. The fourth-order valence-electron chi connectivity index (χ4n) is 2.36. The molecule has 2 aromatic rings. The van der Waals surface area contributed by atoms with Gasteiger partial charge < -0.3 is 0 Å². The van der Waals surface area contributed by atoms with Gasteiger partial charge in [-0.1, -0.05) is 37.6 Å². The second kappa shape index (κ2) is 4.41. The van der Waals surface area contributed by atoms with Crippen LogP contribution in [0.15, 0.2) is 24.3 Å². The summed E-state index contributed by atoms with van der Waals surface area (Å²) in [6.45, 7) is 7.99. The number of aryl methyl sites for hydroxylation is 2. The lowest BCUT2D eigenvalue weighted by molar-refractivity contribution is -0.385. The molecule has 0 aliphatic rings. The topological polar surface area (TPSA) is 43.1 Å². The Labute approximate surface area is 107 Å². The highest BCUT2D eigenvalue weighted by Gasteiger charge is 2.18. The summed E-state index contributed by atoms with van der Waals surface area (Å²) in [5.74, 6) is 0.272. The van der Waals surface area contributed by atoms with Gasteiger partial charge in [-0.15, -0.1) is 0 Å². The molecule has 0 radical (unpaired) electrons. The van der Waals surface area contributed by atoms with Crippen LogP contribution in [0.1, 0.15) is 36.5 Å². The van der Waals surface area contributed by atoms with Gasteiger partial charge in [-0.3, -0.25) is 10.1 Å². The van der Waals surface area contributed by atoms with Crippen molar-refractivity contribution in [3.63, 3.8) is 0 Å². The fraction of sp³-hybridized carbons (Fsp3) is 0.333. The fourth-order valence-corrected chi connectivity index (χ4v) is 2.36. The Balaban J connectivity index is 2.92. The Morgan fingerprint density at radius 1 is 1.11 bits per heavy atom. The molecular weight excluding hydrogens is 226 g/mol. The van der Waals surface area contributed by atoms with E-state index in [1.807, 2.05) is 26.0 Å². The Kier molecular flexibility index (Phi) is 3.07. The molecule has 0 saturated carbocycles. The Morgan fingerprint density at radius 2 is 1.78 bits per heavy atom. The average Bonchev–Trinajstić information content (AvgIpc) is 2.28. The third-order valence-corrected chi connectivity index (χ3v) is 3.39. The molecule has 0 N–H and O–H groups in total. The predicted molar refractivity (Wildman–Crippen MR) is 74.2 cm³/mol. The van der Waals surface area contributed by atoms with E-state index in [0.29, 0.717) is 0 Å². The Morgan fingerprint density at radius 3 is 2.33 bits per heavy atom. The van der Waals surface area contributed by atoms with Gasteiger partial charge >= 0.3 is 0 Å². The van der Waals surface area contributed by atoms with Gasteiger partial charge in [-0.05, 0) is 36.1 Å². The van der Waals surface area contributed by atoms with E-state index in [1.165, 1.54) is 5.56 Å². The maximum atomic E-state index is 11.1. The molecule has 18 heavy (non-hydrogen) atoms. The highest BCUT2D eigenvalue weighted by Crippen LogP contribution is 2.34. The zero-order valence-electron chi connectivity index (χ0n) is 11.2. The van der Waals surface area contributed by atoms with E-state index in [4.69, 9.17) is 0 Å². The Bertz CT molecular complexity index is 630. The number of nitro benzene ring substituents is 1. The number of hydrogen-bond donors (Lipinski definition) is 0. The first-order chi connectivity index (χ1) is 8.41. The maximum absolute atomic E-state index is 11.1. The smallest absolute Gasteiger partial charge is 0.258 e. The first-order valence-corrected chi connectivity index (χ1v) is 6.10. The van der Waals surface area contributed by atoms with Crippen LogP contribution in [0.2, 0.25) is 0 Å². The van der Waals surface area contributed by atoms with Crippen LogP contribution in [0.4, 0.5) is 5.69 Å². The van der Waals surface area contributed by atoms with Crippen molar-refractivity contribution in [3.8, 4) is 0 Å². The first-order valence-electron chi connectivity index (χ1n) is 6.10. The van der Waals surface area contributed by atoms with Crippen LogP contribution in [-0.2, 0) is 0 Å². The molecule has 0 atom stereocenters. The molecule has 0 aliphatic carbocycles. The molecular formula is C15H17NO2. The van der Waals surface area contributed by atoms with Crippen molar-refractivity contribution in [1.29, 1.82) is 0 Å². The SMILES string of the molecule is Cc1ccc2c(C)c([N+](=O)[O-])cc(C(C)C)c2c1. The average molecular weight is 243 g/mol. The molecule has 0 amide bonds. The molecule has 94 valence electrons. The van der Waals surface area contributed by atoms with E-state index >= 15 is 0 Å². The van der Waals surface area contributed by atoms with Crippen LogP contribution in [0, 0.1) is 24.0 Å². The number of rotatable bonds is 2. The van der Waals surface area contributed by atoms with E-state index in [-0.39, 0.29) is 16.5 Å². The van der Waals surface area contributed by atoms with Crippen molar-refractivity contribution in [2.75, 3.05) is 0 Å². The van der Waals surface area contributed by atoms with Gasteiger partial charge in [0.25, 0.3) is 5.69 Å². The van der Waals surface area contributed by atoms with Crippen LogP contribution in [0.3, 0.4) is 0 Å². The summed E-state index contributed by atoms with van der Waals surface area (Å²) in [7, 11) is 0. The van der Waals surface area contributed by atoms with Gasteiger partial charge in [0.05, 0.1) is 4.92 Å². The summed E-state index contributed by atoms with van der Waals surface area (Å²) in [5.41, 5.74) is 3.19. The number of nitro groups is 1. The summed E-state index contributed by atoms with van der Waals surface area (Å²) in [4.78, 5) is 10.8. The number of hydrogen-bond acceptors (Lipinski definition) is 2. The molecule has 0 bridgehead atoms. The Hall–Kier alpha value is -1.90. The van der Waals surface area contributed by atoms with Crippen molar-refractivity contribution >= 4 is 16.5 Å². The largest absolute Gasteiger partial charge is 0.273 e. The van der Waals surface area contributed by atoms with Crippen LogP contribution in [0.25, 0.3) is 10.8 Å². The number of nitrogens with zero attached hydrogens (tertiary/aromatic N) is 1. The van der Waals surface area contributed by atoms with E-state index in [0.717, 1.165) is 21.9 Å². The van der Waals surface area contributed by atoms with E-state index < -0.39 is 0 Å². The van der Waals surface area contributed by atoms with Gasteiger partial charge in [0.1, 0.15) is 0 Å². The standard InChI is InChI=1S/C15H17NO2/c1-9(2)13-8-15(16(17)18)11(4)12-6-5-10(3)7-14(12)13/h5-9H,1-4H3. The molecule has 0 unspecified atom stereocenters. The molecule has 0 aliphatic heterocycles. The van der Waals surface area contributed by atoms with Crippen molar-refractivity contribution in [2.24, 2.45) is 0 Å². The van der Waals surface area contributed by atoms with Gasteiger partial charge in [0.15, 0.2) is 0 Å². The molecule has 3 heteroatoms. The minimum atomic E-state index is -0.291. The third-order valence-electron chi connectivity index (χ3n) is 3.39. The van der Waals surface area contributed by atoms with Crippen LogP contribution in [-0.4, -0.2) is 4.92 Å². The zero-order chi connectivity index (χ0) is 13.4. The molecule has 0 saturated heterocycles. The van der Waals surface area contributed by atoms with Gasteiger partial charge in [0, 0.05) is 11.6 Å². The van der Waals surface area contributed by atoms with Gasteiger partial charge in [-0.25, -0.2) is 0 Å². The van der Waals surface area contributed by atoms with Crippen molar-refractivity contribution in [1.82, 2.24) is 0 Å². The summed E-state index contributed by atoms with van der Waals surface area (Å²) < 4.78 is 0. The van der Waals surface area contributed by atoms with Crippen LogP contribution < -0.4 is 0 Å². The maximum Gasteiger partial charge on any atom is 0.273 e. The van der Waals surface area contributed by atoms with Crippen molar-refractivity contribution in [2.45, 2.75) is 33.6 Å². The summed E-state index contributed by atoms with van der Waals surface area (Å²) >= 11 is 0. The summed E-state index contributed by atoms with van der Waals surface area (Å²) in [6.07, 6.45) is 0. The molecule has 2 aromatic carbocycles. The molecule has 0 fully saturated rings. The van der Waals surface area contributed by atoms with Crippen molar-refractivity contribution < 1.29 is 4.92 Å². The summed E-state index contributed by atoms with van der Waals surface area (Å²) in [6, 6.07) is 7.82. The predicted octanol–water partition coefficient (Wildman–Crippen LogP) is 4.49. The first kappa shape index (κ1) is 12.6. The second-order valence-electron chi connectivity index (χ2n) is 5.07. The number of benzene rings is 2. The lowest BCUT2D eigenvalue weighted by Gasteiger charge is -2.13. The van der Waals surface area contributed by atoms with Crippen LogP contribution >= 0.6 is 0 Å². The minimum Gasteiger partial charge on any atom is -0.258 e. The minimum absolute atomic E-state index is 0.218. The van der Waals surface area contributed by atoms with E-state index in [9.17, 15) is 10.1 Å². The van der Waals surface area contributed by atoms with Crippen molar-refractivity contribution in [3.05, 3.63) is 51.1 Å². The number of fused-ring (bicyclic) bond motifs is 1. The summed E-state index contributed by atoms with van der Waals surface area (Å²) in [5, 5.41) is 13.2. The molecule has 0 spiro atoms. The molecule has 3 nitrogen and oxygen atoms in total.